The van der Waals surface area contributed by atoms with E-state index in [1.165, 1.54) is 0 Å². The molecule has 0 radical (unpaired) electrons. The number of rotatable bonds is 6. The highest BCUT2D eigenvalue weighted by Crippen LogP contribution is 2.12. The van der Waals surface area contributed by atoms with Crippen molar-refractivity contribution in [3.8, 4) is 5.82 Å². The van der Waals surface area contributed by atoms with Crippen LogP contribution in [0.3, 0.4) is 0 Å². The summed E-state index contributed by atoms with van der Waals surface area (Å²) in [5.74, 6) is 1.93. The van der Waals surface area contributed by atoms with Crippen LogP contribution >= 0.6 is 0 Å². The summed E-state index contributed by atoms with van der Waals surface area (Å²) in [4.78, 5) is 8.52. The van der Waals surface area contributed by atoms with Gasteiger partial charge in [0.25, 0.3) is 0 Å². The van der Waals surface area contributed by atoms with Crippen molar-refractivity contribution < 1.29 is 8.42 Å². The largest absolute Gasteiger partial charge is 0.380 e. The fraction of sp³-hybridized carbons (Fsp3) is 0.429. The van der Waals surface area contributed by atoms with Gasteiger partial charge in [-0.05, 0) is 26.0 Å². The zero-order valence-corrected chi connectivity index (χ0v) is 13.3. The number of anilines is 1. The molecule has 0 bridgehead atoms. The van der Waals surface area contributed by atoms with Gasteiger partial charge in [-0.1, -0.05) is 6.92 Å². The van der Waals surface area contributed by atoms with Crippen LogP contribution in [0.15, 0.2) is 30.7 Å². The maximum absolute atomic E-state index is 11.6. The van der Waals surface area contributed by atoms with Crippen molar-refractivity contribution in [2.45, 2.75) is 26.8 Å². The molecule has 0 aliphatic carbocycles. The second-order valence-corrected chi connectivity index (χ2v) is 7.39. The van der Waals surface area contributed by atoms with Crippen molar-refractivity contribution in [2.24, 2.45) is 0 Å². The lowest BCUT2D eigenvalue weighted by molar-refractivity contribution is 0.593. The second-order valence-electron chi connectivity index (χ2n) is 4.99. The lowest BCUT2D eigenvalue weighted by Gasteiger charge is -2.15. The first-order valence-electron chi connectivity index (χ1n) is 6.84. The molecular formula is C14H20N4O2S. The Morgan fingerprint density at radius 2 is 2.10 bits per heavy atom. The lowest BCUT2D eigenvalue weighted by Crippen LogP contribution is -2.26. The van der Waals surface area contributed by atoms with E-state index >= 15 is 0 Å². The average molecular weight is 308 g/mol. The molecule has 6 nitrogen and oxygen atoms in total. The first kappa shape index (κ1) is 15.5. The zero-order chi connectivity index (χ0) is 15.5. The minimum Gasteiger partial charge on any atom is -0.380 e. The quantitative estimate of drug-likeness (QED) is 0.880. The summed E-state index contributed by atoms with van der Waals surface area (Å²) in [6.45, 7) is 5.42. The Morgan fingerprint density at radius 1 is 1.33 bits per heavy atom. The Balaban J connectivity index is 2.05. The van der Waals surface area contributed by atoms with Crippen LogP contribution in [0.4, 0.5) is 5.69 Å². The number of hydrogen-bond donors (Lipinski definition) is 1. The van der Waals surface area contributed by atoms with Crippen LogP contribution in [0.1, 0.15) is 19.7 Å². The number of imidazole rings is 1. The van der Waals surface area contributed by atoms with Gasteiger partial charge in [-0.2, -0.15) is 0 Å². The second kappa shape index (κ2) is 6.26. The van der Waals surface area contributed by atoms with Crippen LogP contribution in [-0.4, -0.2) is 40.5 Å². The Labute approximate surface area is 125 Å². The highest BCUT2D eigenvalue weighted by Gasteiger charge is 2.13. The minimum atomic E-state index is -2.98. The fourth-order valence-corrected chi connectivity index (χ4v) is 3.14. The topological polar surface area (TPSA) is 76.9 Å². The van der Waals surface area contributed by atoms with E-state index in [-0.39, 0.29) is 17.5 Å². The molecule has 0 aromatic carbocycles. The molecular weight excluding hydrogens is 288 g/mol. The van der Waals surface area contributed by atoms with Gasteiger partial charge < -0.3 is 5.32 Å². The molecule has 0 saturated heterocycles. The van der Waals surface area contributed by atoms with Crippen molar-refractivity contribution in [1.82, 2.24) is 14.5 Å². The smallest absolute Gasteiger partial charge is 0.152 e. The molecule has 1 atom stereocenters. The van der Waals surface area contributed by atoms with Gasteiger partial charge in [0, 0.05) is 24.2 Å². The Morgan fingerprint density at radius 3 is 2.62 bits per heavy atom. The molecule has 0 amide bonds. The van der Waals surface area contributed by atoms with E-state index in [2.05, 4.69) is 15.3 Å². The number of nitrogens with one attached hydrogen (secondary N) is 1. The monoisotopic (exact) mass is 308 g/mol. The van der Waals surface area contributed by atoms with Crippen LogP contribution in [0.5, 0.6) is 0 Å². The van der Waals surface area contributed by atoms with E-state index in [1.807, 2.05) is 36.7 Å². The van der Waals surface area contributed by atoms with E-state index in [9.17, 15) is 8.42 Å². The van der Waals surface area contributed by atoms with Crippen LogP contribution in [0.25, 0.3) is 5.82 Å². The number of sulfone groups is 1. The van der Waals surface area contributed by atoms with Crippen LogP contribution in [-0.2, 0) is 9.84 Å². The van der Waals surface area contributed by atoms with Gasteiger partial charge in [0.2, 0.25) is 0 Å². The number of aryl methyl sites for hydroxylation is 1. The van der Waals surface area contributed by atoms with Crippen LogP contribution in [0.2, 0.25) is 0 Å². The van der Waals surface area contributed by atoms with Crippen molar-refractivity contribution >= 4 is 15.5 Å². The molecule has 2 heterocycles. The summed E-state index contributed by atoms with van der Waals surface area (Å²) < 4.78 is 25.0. The maximum Gasteiger partial charge on any atom is 0.152 e. The minimum absolute atomic E-state index is 0.117. The molecule has 1 N–H and O–H groups in total. The molecule has 0 aliphatic rings. The van der Waals surface area contributed by atoms with Gasteiger partial charge in [0.15, 0.2) is 9.84 Å². The molecule has 114 valence electrons. The fourth-order valence-electron chi connectivity index (χ4n) is 2.06. The zero-order valence-electron chi connectivity index (χ0n) is 12.4. The van der Waals surface area contributed by atoms with E-state index in [1.54, 1.807) is 19.3 Å². The molecule has 0 fully saturated rings. The van der Waals surface area contributed by atoms with Gasteiger partial charge >= 0.3 is 0 Å². The van der Waals surface area contributed by atoms with Crippen molar-refractivity contribution in [3.63, 3.8) is 0 Å². The van der Waals surface area contributed by atoms with E-state index in [0.717, 1.165) is 17.3 Å². The van der Waals surface area contributed by atoms with Crippen molar-refractivity contribution in [2.75, 3.05) is 16.8 Å². The van der Waals surface area contributed by atoms with Gasteiger partial charge in [-0.25, -0.2) is 18.4 Å². The predicted molar refractivity (Wildman–Crippen MR) is 83.5 cm³/mol. The first-order valence-corrected chi connectivity index (χ1v) is 8.67. The first-order chi connectivity index (χ1) is 9.91. The van der Waals surface area contributed by atoms with E-state index in [4.69, 9.17) is 0 Å². The number of aromatic nitrogens is 3. The summed E-state index contributed by atoms with van der Waals surface area (Å²) in [6, 6.07) is 3.60. The normalized spacial score (nSPS) is 13.1. The van der Waals surface area contributed by atoms with Crippen LogP contribution in [0, 0.1) is 6.92 Å². The van der Waals surface area contributed by atoms with Gasteiger partial charge in [0.05, 0.1) is 17.6 Å². The van der Waals surface area contributed by atoms with E-state index < -0.39 is 9.84 Å². The molecule has 2 aromatic heterocycles. The van der Waals surface area contributed by atoms with Crippen molar-refractivity contribution in [3.05, 3.63) is 36.5 Å². The predicted octanol–water partition coefficient (Wildman–Crippen LogP) is 1.81. The highest BCUT2D eigenvalue weighted by molar-refractivity contribution is 7.91. The van der Waals surface area contributed by atoms with Crippen molar-refractivity contribution in [1.29, 1.82) is 0 Å². The Kier molecular flexibility index (Phi) is 4.62. The van der Waals surface area contributed by atoms with Crippen LogP contribution < -0.4 is 5.32 Å². The molecule has 1 unspecified atom stereocenters. The number of nitrogens with zero attached hydrogens (tertiary/aromatic N) is 3. The maximum atomic E-state index is 11.6. The summed E-state index contributed by atoms with van der Waals surface area (Å²) >= 11 is 0. The molecule has 21 heavy (non-hydrogen) atoms. The molecule has 0 spiro atoms. The molecule has 0 aliphatic heterocycles. The molecule has 2 rings (SSSR count). The summed E-state index contributed by atoms with van der Waals surface area (Å²) in [6.07, 6.45) is 5.27. The van der Waals surface area contributed by atoms with Gasteiger partial charge in [-0.15, -0.1) is 0 Å². The average Bonchev–Trinajstić information content (AvgIpc) is 2.85. The summed E-state index contributed by atoms with van der Waals surface area (Å²) in [7, 11) is -2.98. The third kappa shape index (κ3) is 4.04. The Bertz CT molecular complexity index is 692. The molecule has 7 heteroatoms. The third-order valence-electron chi connectivity index (χ3n) is 3.18. The SMILES string of the molecule is CCS(=O)(=O)CC(C)Nc1ccc(-n2ccnc2C)nc1. The third-order valence-corrected chi connectivity index (χ3v) is 5.06. The lowest BCUT2D eigenvalue weighted by atomic mass is 10.3. The highest BCUT2D eigenvalue weighted by atomic mass is 32.2. The van der Waals surface area contributed by atoms with Gasteiger partial charge in [-0.3, -0.25) is 4.57 Å². The Hall–Kier alpha value is -1.89. The summed E-state index contributed by atoms with van der Waals surface area (Å²) in [5, 5.41) is 3.15. The van der Waals surface area contributed by atoms with Gasteiger partial charge in [0.1, 0.15) is 11.6 Å². The number of pyridine rings is 1. The standard InChI is InChI=1S/C14H20N4O2S/c1-4-21(19,20)10-11(2)17-13-5-6-14(16-9-13)18-8-7-15-12(18)3/h5-9,11,17H,4,10H2,1-3H3. The molecule has 2 aromatic rings. The molecule has 0 saturated carbocycles. The summed E-state index contributed by atoms with van der Waals surface area (Å²) in [5.41, 5.74) is 0.801. The van der Waals surface area contributed by atoms with E-state index in [0.29, 0.717) is 0 Å². The number of hydrogen-bond acceptors (Lipinski definition) is 5.